The third kappa shape index (κ3) is 3.68. The minimum Gasteiger partial charge on any atom is -0.481 e. The fourth-order valence-electron chi connectivity index (χ4n) is 2.80. The fourth-order valence-corrected chi connectivity index (χ4v) is 2.80. The molecule has 1 fully saturated rings. The second-order valence-electron chi connectivity index (χ2n) is 5.70. The summed E-state index contributed by atoms with van der Waals surface area (Å²) in [5.74, 6) is -0.631. The van der Waals surface area contributed by atoms with E-state index in [0.29, 0.717) is 5.92 Å². The molecule has 0 bridgehead atoms. The van der Waals surface area contributed by atoms with Crippen molar-refractivity contribution in [1.29, 1.82) is 0 Å². The Morgan fingerprint density at radius 3 is 2.65 bits per heavy atom. The van der Waals surface area contributed by atoms with E-state index in [1.807, 2.05) is 6.92 Å². The molecule has 3 N–H and O–H groups in total. The van der Waals surface area contributed by atoms with E-state index in [4.69, 9.17) is 5.11 Å². The lowest BCUT2D eigenvalue weighted by atomic mass is 9.76. The molecule has 1 rings (SSSR count). The maximum atomic E-state index is 10.9. The highest BCUT2D eigenvalue weighted by Crippen LogP contribution is 2.32. The van der Waals surface area contributed by atoms with Crippen LogP contribution in [0.2, 0.25) is 0 Å². The lowest BCUT2D eigenvalue weighted by Gasteiger charge is -2.42. The normalized spacial score (nSPS) is 33.1. The Bertz CT molecular complexity index is 269. The van der Waals surface area contributed by atoms with Gasteiger partial charge in [0.25, 0.3) is 0 Å². The van der Waals surface area contributed by atoms with Crippen LogP contribution < -0.4 is 5.32 Å². The van der Waals surface area contributed by atoms with Crippen molar-refractivity contribution in [3.63, 3.8) is 0 Å². The van der Waals surface area contributed by atoms with E-state index in [9.17, 15) is 9.90 Å². The zero-order valence-corrected chi connectivity index (χ0v) is 11.1. The van der Waals surface area contributed by atoms with Crippen LogP contribution in [0.1, 0.15) is 46.5 Å². The molecule has 4 heteroatoms. The molecular weight excluding hydrogens is 218 g/mol. The fraction of sp³-hybridized carbons (Fsp3) is 0.923. The van der Waals surface area contributed by atoms with Gasteiger partial charge >= 0.3 is 5.97 Å². The minimum atomic E-state index is -0.790. The summed E-state index contributed by atoms with van der Waals surface area (Å²) >= 11 is 0. The number of carboxylic acid groups (broad SMARTS) is 1. The van der Waals surface area contributed by atoms with E-state index in [0.717, 1.165) is 19.3 Å². The summed E-state index contributed by atoms with van der Waals surface area (Å²) in [6, 6.07) is -0.120. The highest BCUT2D eigenvalue weighted by Gasteiger charge is 2.36. The summed E-state index contributed by atoms with van der Waals surface area (Å²) in [4.78, 5) is 10.9. The molecular formula is C13H25NO3. The third-order valence-electron chi connectivity index (χ3n) is 4.07. The Kier molecular flexibility index (Phi) is 4.95. The van der Waals surface area contributed by atoms with Gasteiger partial charge in [0, 0.05) is 11.6 Å². The van der Waals surface area contributed by atoms with Crippen molar-refractivity contribution in [3.8, 4) is 0 Å². The van der Waals surface area contributed by atoms with Crippen LogP contribution in [-0.4, -0.2) is 34.4 Å². The summed E-state index contributed by atoms with van der Waals surface area (Å²) < 4.78 is 0. The van der Waals surface area contributed by atoms with Gasteiger partial charge in [-0.25, -0.2) is 0 Å². The second kappa shape index (κ2) is 5.83. The highest BCUT2D eigenvalue weighted by molar-refractivity contribution is 5.70. The van der Waals surface area contributed by atoms with Gasteiger partial charge in [0.2, 0.25) is 0 Å². The molecule has 0 aliphatic heterocycles. The van der Waals surface area contributed by atoms with Crippen LogP contribution in [0, 0.1) is 11.8 Å². The van der Waals surface area contributed by atoms with E-state index in [1.54, 1.807) is 6.92 Å². The van der Waals surface area contributed by atoms with Crippen molar-refractivity contribution >= 4 is 5.97 Å². The van der Waals surface area contributed by atoms with Crippen LogP contribution in [0.3, 0.4) is 0 Å². The van der Waals surface area contributed by atoms with Gasteiger partial charge in [-0.3, -0.25) is 4.79 Å². The van der Waals surface area contributed by atoms with Gasteiger partial charge in [0.1, 0.15) is 0 Å². The standard InChI is InChI=1S/C13H25NO3/c1-9-5-4-6-13(7-9,8-15)14-11(3)10(2)12(16)17/h9-11,14-15H,4-8H2,1-3H3,(H,16,17). The van der Waals surface area contributed by atoms with Crippen molar-refractivity contribution < 1.29 is 15.0 Å². The van der Waals surface area contributed by atoms with Crippen LogP contribution in [0.5, 0.6) is 0 Å². The molecule has 4 atom stereocenters. The molecule has 0 spiro atoms. The molecule has 0 saturated heterocycles. The first-order valence-electron chi connectivity index (χ1n) is 6.51. The zero-order chi connectivity index (χ0) is 13.1. The summed E-state index contributed by atoms with van der Waals surface area (Å²) in [7, 11) is 0. The van der Waals surface area contributed by atoms with Gasteiger partial charge in [-0.1, -0.05) is 26.7 Å². The SMILES string of the molecule is CC1CCCC(CO)(NC(C)C(C)C(=O)O)C1. The molecule has 4 unspecified atom stereocenters. The maximum Gasteiger partial charge on any atom is 0.307 e. The van der Waals surface area contributed by atoms with Crippen molar-refractivity contribution in [1.82, 2.24) is 5.32 Å². The Balaban J connectivity index is 2.65. The summed E-state index contributed by atoms with van der Waals surface area (Å²) in [6.07, 6.45) is 4.17. The lowest BCUT2D eigenvalue weighted by molar-refractivity contribution is -0.142. The number of hydrogen-bond donors (Lipinski definition) is 3. The number of aliphatic hydroxyl groups excluding tert-OH is 1. The van der Waals surface area contributed by atoms with Crippen LogP contribution in [0.25, 0.3) is 0 Å². The highest BCUT2D eigenvalue weighted by atomic mass is 16.4. The molecule has 1 aliphatic carbocycles. The van der Waals surface area contributed by atoms with Gasteiger partial charge in [-0.15, -0.1) is 0 Å². The first kappa shape index (κ1) is 14.5. The Labute approximate surface area is 103 Å². The smallest absolute Gasteiger partial charge is 0.307 e. The van der Waals surface area contributed by atoms with Crippen molar-refractivity contribution in [2.24, 2.45) is 11.8 Å². The number of hydrogen-bond acceptors (Lipinski definition) is 3. The van der Waals surface area contributed by atoms with Gasteiger partial charge in [0.15, 0.2) is 0 Å². The molecule has 0 heterocycles. The topological polar surface area (TPSA) is 69.6 Å². The molecule has 0 aromatic heterocycles. The first-order valence-corrected chi connectivity index (χ1v) is 6.51. The van der Waals surface area contributed by atoms with Gasteiger partial charge in [-0.2, -0.15) is 0 Å². The number of aliphatic carboxylic acids is 1. The average molecular weight is 243 g/mol. The van der Waals surface area contributed by atoms with Gasteiger partial charge in [-0.05, 0) is 25.7 Å². The van der Waals surface area contributed by atoms with E-state index in [2.05, 4.69) is 12.2 Å². The maximum absolute atomic E-state index is 10.9. The first-order chi connectivity index (χ1) is 7.90. The Morgan fingerprint density at radius 1 is 1.53 bits per heavy atom. The van der Waals surface area contributed by atoms with Gasteiger partial charge in [0.05, 0.1) is 12.5 Å². The quantitative estimate of drug-likeness (QED) is 0.686. The predicted octanol–water partition coefficient (Wildman–Crippen LogP) is 1.63. The summed E-state index contributed by atoms with van der Waals surface area (Å²) in [6.45, 7) is 5.87. The monoisotopic (exact) mass is 243 g/mol. The molecule has 0 amide bonds. The zero-order valence-electron chi connectivity index (χ0n) is 11.1. The lowest BCUT2D eigenvalue weighted by Crippen LogP contribution is -2.56. The molecule has 0 aromatic rings. The molecule has 0 radical (unpaired) electrons. The van der Waals surface area contributed by atoms with E-state index >= 15 is 0 Å². The van der Waals surface area contributed by atoms with E-state index < -0.39 is 11.9 Å². The number of carbonyl (C=O) groups is 1. The molecule has 100 valence electrons. The second-order valence-corrected chi connectivity index (χ2v) is 5.70. The van der Waals surface area contributed by atoms with Crippen LogP contribution in [0.15, 0.2) is 0 Å². The van der Waals surface area contributed by atoms with Crippen molar-refractivity contribution in [2.45, 2.75) is 58.0 Å². The average Bonchev–Trinajstić information content (AvgIpc) is 2.27. The molecule has 1 aliphatic rings. The molecule has 17 heavy (non-hydrogen) atoms. The van der Waals surface area contributed by atoms with E-state index in [1.165, 1.54) is 6.42 Å². The van der Waals surface area contributed by atoms with Crippen molar-refractivity contribution in [3.05, 3.63) is 0 Å². The third-order valence-corrected chi connectivity index (χ3v) is 4.07. The Morgan fingerprint density at radius 2 is 2.18 bits per heavy atom. The number of rotatable bonds is 5. The van der Waals surface area contributed by atoms with Crippen LogP contribution in [0.4, 0.5) is 0 Å². The molecule has 1 saturated carbocycles. The molecule has 0 aromatic carbocycles. The van der Waals surface area contributed by atoms with Crippen molar-refractivity contribution in [2.75, 3.05) is 6.61 Å². The molecule has 4 nitrogen and oxygen atoms in total. The predicted molar refractivity (Wildman–Crippen MR) is 66.8 cm³/mol. The largest absolute Gasteiger partial charge is 0.481 e. The Hall–Kier alpha value is -0.610. The summed E-state index contributed by atoms with van der Waals surface area (Å²) in [5.41, 5.74) is -0.277. The number of nitrogens with one attached hydrogen (secondary N) is 1. The summed E-state index contributed by atoms with van der Waals surface area (Å²) in [5, 5.41) is 22.0. The number of aliphatic hydroxyl groups is 1. The number of carboxylic acids is 1. The minimum absolute atomic E-state index is 0.0913. The van der Waals surface area contributed by atoms with Crippen LogP contribution >= 0.6 is 0 Å². The van der Waals surface area contributed by atoms with E-state index in [-0.39, 0.29) is 18.2 Å². The van der Waals surface area contributed by atoms with Crippen LogP contribution in [-0.2, 0) is 4.79 Å². The van der Waals surface area contributed by atoms with Gasteiger partial charge < -0.3 is 15.5 Å².